The fourth-order valence-corrected chi connectivity index (χ4v) is 4.30. The third-order valence-electron chi connectivity index (χ3n) is 4.65. The van der Waals surface area contributed by atoms with Crippen LogP contribution in [0.1, 0.15) is 33.1 Å². The van der Waals surface area contributed by atoms with Gasteiger partial charge in [-0.25, -0.2) is 4.98 Å². The Morgan fingerprint density at radius 2 is 2.13 bits per heavy atom. The van der Waals surface area contributed by atoms with E-state index in [4.69, 9.17) is 0 Å². The molecule has 1 saturated heterocycles. The van der Waals surface area contributed by atoms with Crippen LogP contribution in [0.5, 0.6) is 0 Å². The average molecular weight is 333 g/mol. The molecular formula is C17H23N3O2S. The molecule has 124 valence electrons. The number of amides is 2. The van der Waals surface area contributed by atoms with Crippen LogP contribution in [0.3, 0.4) is 0 Å². The lowest BCUT2D eigenvalue weighted by molar-refractivity contribution is -0.134. The van der Waals surface area contributed by atoms with Gasteiger partial charge in [0.1, 0.15) is 5.03 Å². The molecule has 23 heavy (non-hydrogen) atoms. The molecule has 0 spiro atoms. The predicted octanol–water partition coefficient (Wildman–Crippen LogP) is 2.56. The van der Waals surface area contributed by atoms with Gasteiger partial charge >= 0.3 is 0 Å². The summed E-state index contributed by atoms with van der Waals surface area (Å²) in [6.07, 6.45) is 4.12. The number of piperidine rings is 1. The fraction of sp³-hybridized carbons (Fsp3) is 0.588. The zero-order valence-corrected chi connectivity index (χ0v) is 14.5. The van der Waals surface area contributed by atoms with Gasteiger partial charge in [0.2, 0.25) is 11.8 Å². The molecule has 0 saturated carbocycles. The standard InChI is InChI=1S/C17H23N3O2S/c1-3-20-13-5-4-8-18-16(13)23-14(17(20)22)11-15(21)19-9-6-12(2)7-10-19/h4-5,8,12,14H,3,6-7,9-11H2,1-2H3. The van der Waals surface area contributed by atoms with Gasteiger partial charge < -0.3 is 9.80 Å². The molecule has 0 aromatic carbocycles. The van der Waals surface area contributed by atoms with E-state index in [1.807, 2.05) is 24.0 Å². The van der Waals surface area contributed by atoms with Crippen molar-refractivity contribution in [1.82, 2.24) is 9.88 Å². The molecule has 0 N–H and O–H groups in total. The Morgan fingerprint density at radius 1 is 1.39 bits per heavy atom. The summed E-state index contributed by atoms with van der Waals surface area (Å²) in [4.78, 5) is 33.3. The van der Waals surface area contributed by atoms with Crippen molar-refractivity contribution in [3.8, 4) is 0 Å². The van der Waals surface area contributed by atoms with E-state index in [9.17, 15) is 9.59 Å². The number of thioether (sulfide) groups is 1. The predicted molar refractivity (Wildman–Crippen MR) is 91.5 cm³/mol. The van der Waals surface area contributed by atoms with E-state index < -0.39 is 0 Å². The maximum atomic E-state index is 12.7. The Kier molecular flexibility index (Phi) is 4.90. The highest BCUT2D eigenvalue weighted by Crippen LogP contribution is 2.38. The zero-order valence-electron chi connectivity index (χ0n) is 13.7. The van der Waals surface area contributed by atoms with Crippen LogP contribution in [0.25, 0.3) is 0 Å². The van der Waals surface area contributed by atoms with Gasteiger partial charge in [-0.1, -0.05) is 18.7 Å². The first-order valence-electron chi connectivity index (χ1n) is 8.31. The van der Waals surface area contributed by atoms with Crippen LogP contribution in [0.15, 0.2) is 23.4 Å². The SMILES string of the molecule is CCN1C(=O)C(CC(=O)N2CCC(C)CC2)Sc2ncccc21. The lowest BCUT2D eigenvalue weighted by Gasteiger charge is -2.34. The summed E-state index contributed by atoms with van der Waals surface area (Å²) in [7, 11) is 0. The first-order valence-corrected chi connectivity index (χ1v) is 9.19. The molecule has 1 aromatic heterocycles. The molecule has 5 nitrogen and oxygen atoms in total. The summed E-state index contributed by atoms with van der Waals surface area (Å²) < 4.78 is 0. The van der Waals surface area contributed by atoms with E-state index in [-0.39, 0.29) is 23.5 Å². The molecule has 1 aromatic rings. The van der Waals surface area contributed by atoms with Gasteiger partial charge in [-0.2, -0.15) is 0 Å². The average Bonchev–Trinajstić information content (AvgIpc) is 2.56. The van der Waals surface area contributed by atoms with Crippen molar-refractivity contribution < 1.29 is 9.59 Å². The van der Waals surface area contributed by atoms with Gasteiger partial charge in [-0.15, -0.1) is 0 Å². The molecule has 2 aliphatic heterocycles. The van der Waals surface area contributed by atoms with Gasteiger partial charge in [-0.05, 0) is 37.8 Å². The van der Waals surface area contributed by atoms with Crippen LogP contribution >= 0.6 is 11.8 Å². The molecule has 1 fully saturated rings. The number of carbonyl (C=O) groups is 2. The number of hydrogen-bond acceptors (Lipinski definition) is 4. The number of hydrogen-bond donors (Lipinski definition) is 0. The van der Waals surface area contributed by atoms with E-state index in [0.29, 0.717) is 12.5 Å². The van der Waals surface area contributed by atoms with E-state index >= 15 is 0 Å². The van der Waals surface area contributed by atoms with E-state index in [1.54, 1.807) is 11.1 Å². The molecule has 3 heterocycles. The monoisotopic (exact) mass is 333 g/mol. The molecule has 0 radical (unpaired) electrons. The molecule has 2 amide bonds. The van der Waals surface area contributed by atoms with Crippen molar-refractivity contribution in [1.29, 1.82) is 0 Å². The summed E-state index contributed by atoms with van der Waals surface area (Å²) in [5.41, 5.74) is 0.862. The number of aromatic nitrogens is 1. The number of nitrogens with zero attached hydrogens (tertiary/aromatic N) is 3. The normalized spacial score (nSPS) is 22.2. The number of likely N-dealkylation sites (tertiary alicyclic amines) is 1. The second-order valence-electron chi connectivity index (χ2n) is 6.28. The summed E-state index contributed by atoms with van der Waals surface area (Å²) in [5, 5.41) is 0.489. The summed E-state index contributed by atoms with van der Waals surface area (Å²) in [5.74, 6) is 0.811. The van der Waals surface area contributed by atoms with Gasteiger partial charge in [0.05, 0.1) is 10.9 Å². The Labute approximate surface area is 141 Å². The summed E-state index contributed by atoms with van der Waals surface area (Å²) in [6.45, 7) is 6.42. The molecule has 2 aliphatic rings. The van der Waals surface area contributed by atoms with Gasteiger partial charge in [-0.3, -0.25) is 9.59 Å². The highest BCUT2D eigenvalue weighted by atomic mass is 32.2. The Bertz CT molecular complexity index is 599. The first kappa shape index (κ1) is 16.3. The quantitative estimate of drug-likeness (QED) is 0.853. The maximum absolute atomic E-state index is 12.7. The van der Waals surface area contributed by atoms with Gasteiger partial charge in [0.15, 0.2) is 0 Å². The second kappa shape index (κ2) is 6.91. The molecular weight excluding hydrogens is 310 g/mol. The number of fused-ring (bicyclic) bond motifs is 1. The second-order valence-corrected chi connectivity index (χ2v) is 7.48. The minimum absolute atomic E-state index is 0.0247. The molecule has 0 aliphatic carbocycles. The van der Waals surface area contributed by atoms with Crippen LogP contribution < -0.4 is 4.90 Å². The summed E-state index contributed by atoms with van der Waals surface area (Å²) in [6, 6.07) is 3.76. The van der Waals surface area contributed by atoms with Gasteiger partial charge in [0, 0.05) is 32.3 Å². The molecule has 1 atom stereocenters. The van der Waals surface area contributed by atoms with Gasteiger partial charge in [0.25, 0.3) is 0 Å². The third-order valence-corrected chi connectivity index (χ3v) is 5.84. The van der Waals surface area contributed by atoms with Crippen LogP contribution in [0.2, 0.25) is 0 Å². The molecule has 0 bridgehead atoms. The van der Waals surface area contributed by atoms with E-state index in [0.717, 1.165) is 36.6 Å². The van der Waals surface area contributed by atoms with Crippen LogP contribution in [0.4, 0.5) is 5.69 Å². The lowest BCUT2D eigenvalue weighted by atomic mass is 9.99. The highest BCUT2D eigenvalue weighted by Gasteiger charge is 2.36. The molecule has 3 rings (SSSR count). The van der Waals surface area contributed by atoms with Crippen molar-refractivity contribution in [2.24, 2.45) is 5.92 Å². The highest BCUT2D eigenvalue weighted by molar-refractivity contribution is 8.00. The van der Waals surface area contributed by atoms with Crippen molar-refractivity contribution >= 4 is 29.3 Å². The Morgan fingerprint density at radius 3 is 2.83 bits per heavy atom. The topological polar surface area (TPSA) is 53.5 Å². The zero-order chi connectivity index (χ0) is 16.4. The maximum Gasteiger partial charge on any atom is 0.241 e. The number of rotatable bonds is 3. The molecule has 6 heteroatoms. The van der Waals surface area contributed by atoms with Crippen LogP contribution in [-0.4, -0.2) is 46.6 Å². The lowest BCUT2D eigenvalue weighted by Crippen LogP contribution is -2.45. The minimum Gasteiger partial charge on any atom is -0.343 e. The largest absolute Gasteiger partial charge is 0.343 e. The Hall–Kier alpha value is -1.56. The van der Waals surface area contributed by atoms with Crippen LogP contribution in [-0.2, 0) is 9.59 Å². The van der Waals surface area contributed by atoms with E-state index in [2.05, 4.69) is 11.9 Å². The van der Waals surface area contributed by atoms with Crippen molar-refractivity contribution in [2.75, 3.05) is 24.5 Å². The third kappa shape index (κ3) is 3.37. The Balaban J connectivity index is 1.71. The smallest absolute Gasteiger partial charge is 0.241 e. The van der Waals surface area contributed by atoms with E-state index in [1.165, 1.54) is 11.8 Å². The first-order chi connectivity index (χ1) is 11.1. The summed E-state index contributed by atoms with van der Waals surface area (Å²) >= 11 is 1.43. The van der Waals surface area contributed by atoms with Crippen LogP contribution in [0, 0.1) is 5.92 Å². The number of carbonyl (C=O) groups excluding carboxylic acids is 2. The number of pyridine rings is 1. The molecule has 1 unspecified atom stereocenters. The van der Waals surface area contributed by atoms with Crippen molar-refractivity contribution in [2.45, 2.75) is 43.4 Å². The van der Waals surface area contributed by atoms with Crippen molar-refractivity contribution in [3.63, 3.8) is 0 Å². The fourth-order valence-electron chi connectivity index (χ4n) is 3.16. The minimum atomic E-state index is -0.357. The number of anilines is 1. The van der Waals surface area contributed by atoms with Crippen molar-refractivity contribution in [3.05, 3.63) is 18.3 Å².